The molecule has 3 rings (SSSR count). The Hall–Kier alpha value is -3.75. The molecule has 0 aliphatic rings. The zero-order valence-electron chi connectivity index (χ0n) is 17.2. The van der Waals surface area contributed by atoms with Gasteiger partial charge in [-0.3, -0.25) is 4.79 Å². The molecule has 158 valence electrons. The quantitative estimate of drug-likeness (QED) is 0.569. The number of aromatic nitrogens is 2. The minimum atomic E-state index is -0.215. The van der Waals surface area contributed by atoms with Gasteiger partial charge >= 0.3 is 0 Å². The molecular formula is C21H23N3O6. The number of hydrogen-bond donors (Lipinski definition) is 1. The third-order valence-corrected chi connectivity index (χ3v) is 4.36. The summed E-state index contributed by atoms with van der Waals surface area (Å²) < 4.78 is 26.2. The molecule has 0 bridgehead atoms. The molecule has 0 fully saturated rings. The van der Waals surface area contributed by atoms with Crippen LogP contribution in [0.25, 0.3) is 11.4 Å². The van der Waals surface area contributed by atoms with E-state index in [1.54, 1.807) is 57.7 Å². The molecule has 0 saturated heterocycles. The van der Waals surface area contributed by atoms with Crippen LogP contribution in [0.15, 0.2) is 40.9 Å². The normalized spacial score (nSPS) is 10.4. The number of methoxy groups -OCH3 is 4. The van der Waals surface area contributed by atoms with Crippen LogP contribution in [0.2, 0.25) is 0 Å². The van der Waals surface area contributed by atoms with Crippen molar-refractivity contribution in [3.8, 4) is 34.4 Å². The second-order valence-corrected chi connectivity index (χ2v) is 6.20. The van der Waals surface area contributed by atoms with Crippen LogP contribution in [0.4, 0.5) is 5.69 Å². The highest BCUT2D eigenvalue weighted by atomic mass is 16.5. The van der Waals surface area contributed by atoms with Crippen LogP contribution in [0.3, 0.4) is 0 Å². The van der Waals surface area contributed by atoms with Crippen molar-refractivity contribution in [3.05, 3.63) is 42.3 Å². The number of rotatable bonds is 9. The van der Waals surface area contributed by atoms with E-state index >= 15 is 0 Å². The average Bonchev–Trinajstić information content (AvgIpc) is 3.26. The van der Waals surface area contributed by atoms with Crippen molar-refractivity contribution in [2.75, 3.05) is 33.8 Å². The van der Waals surface area contributed by atoms with Crippen LogP contribution in [0.1, 0.15) is 12.3 Å². The number of anilines is 1. The molecule has 0 saturated carbocycles. The Balaban J connectivity index is 1.64. The second-order valence-electron chi connectivity index (χ2n) is 6.20. The number of carbonyl (C=O) groups is 1. The standard InChI is InChI=1S/C21H23N3O6/c1-26-14-6-8-16(27-2)15(12-14)22-19(25)9-10-20-23-21(24-30-20)13-5-7-17(28-3)18(11-13)29-4/h5-8,11-12H,9-10H2,1-4H3,(H,22,25). The van der Waals surface area contributed by atoms with Gasteiger partial charge in [0.25, 0.3) is 0 Å². The lowest BCUT2D eigenvalue weighted by atomic mass is 10.2. The number of benzene rings is 2. The predicted molar refractivity (Wildman–Crippen MR) is 109 cm³/mol. The molecule has 0 radical (unpaired) electrons. The maximum Gasteiger partial charge on any atom is 0.227 e. The van der Waals surface area contributed by atoms with E-state index in [1.807, 2.05) is 0 Å². The van der Waals surface area contributed by atoms with E-state index in [4.69, 9.17) is 23.5 Å². The SMILES string of the molecule is COc1ccc(OC)c(NC(=O)CCc2nc(-c3ccc(OC)c(OC)c3)no2)c1. The van der Waals surface area contributed by atoms with E-state index in [1.165, 1.54) is 7.11 Å². The van der Waals surface area contributed by atoms with E-state index in [9.17, 15) is 4.79 Å². The summed E-state index contributed by atoms with van der Waals surface area (Å²) in [5.41, 5.74) is 1.24. The highest BCUT2D eigenvalue weighted by molar-refractivity contribution is 5.92. The first-order valence-electron chi connectivity index (χ1n) is 9.14. The fourth-order valence-corrected chi connectivity index (χ4v) is 2.79. The smallest absolute Gasteiger partial charge is 0.227 e. The first-order chi connectivity index (χ1) is 14.6. The summed E-state index contributed by atoms with van der Waals surface area (Å²) in [5.74, 6) is 2.86. The fraction of sp³-hybridized carbons (Fsp3) is 0.286. The van der Waals surface area contributed by atoms with Crippen molar-refractivity contribution in [2.45, 2.75) is 12.8 Å². The molecule has 0 spiro atoms. The third kappa shape index (κ3) is 4.80. The van der Waals surface area contributed by atoms with Crippen molar-refractivity contribution >= 4 is 11.6 Å². The van der Waals surface area contributed by atoms with E-state index in [0.717, 1.165) is 0 Å². The molecule has 1 aromatic heterocycles. The third-order valence-electron chi connectivity index (χ3n) is 4.36. The predicted octanol–water partition coefficient (Wildman–Crippen LogP) is 3.34. The Morgan fingerprint density at radius 1 is 0.933 bits per heavy atom. The summed E-state index contributed by atoms with van der Waals surface area (Å²) in [6.45, 7) is 0. The highest BCUT2D eigenvalue weighted by Crippen LogP contribution is 2.31. The lowest BCUT2D eigenvalue weighted by molar-refractivity contribution is -0.116. The first-order valence-corrected chi connectivity index (χ1v) is 9.14. The number of ether oxygens (including phenoxy) is 4. The van der Waals surface area contributed by atoms with E-state index in [-0.39, 0.29) is 12.3 Å². The molecule has 2 aromatic carbocycles. The Kier molecular flexibility index (Phi) is 6.74. The summed E-state index contributed by atoms with van der Waals surface area (Å²) >= 11 is 0. The fourth-order valence-electron chi connectivity index (χ4n) is 2.79. The number of nitrogens with zero attached hydrogens (tertiary/aromatic N) is 2. The molecule has 0 atom stereocenters. The van der Waals surface area contributed by atoms with Gasteiger partial charge in [0.1, 0.15) is 11.5 Å². The van der Waals surface area contributed by atoms with E-state index in [0.29, 0.717) is 52.4 Å². The molecule has 9 heteroatoms. The van der Waals surface area contributed by atoms with Gasteiger partial charge in [0.05, 0.1) is 34.1 Å². The zero-order chi connectivity index (χ0) is 21.5. The number of nitrogens with one attached hydrogen (secondary N) is 1. The summed E-state index contributed by atoms with van der Waals surface area (Å²) in [6.07, 6.45) is 0.451. The Labute approximate surface area is 173 Å². The first kappa shape index (κ1) is 21.0. The van der Waals surface area contributed by atoms with Gasteiger partial charge in [-0.25, -0.2) is 0 Å². The van der Waals surface area contributed by atoms with Gasteiger partial charge in [0, 0.05) is 24.5 Å². The molecular weight excluding hydrogens is 390 g/mol. The lowest BCUT2D eigenvalue weighted by Gasteiger charge is -2.11. The average molecular weight is 413 g/mol. The van der Waals surface area contributed by atoms with Crippen LogP contribution in [0, 0.1) is 0 Å². The summed E-state index contributed by atoms with van der Waals surface area (Å²) in [6, 6.07) is 10.5. The van der Waals surface area contributed by atoms with E-state index < -0.39 is 0 Å². The molecule has 1 N–H and O–H groups in total. The van der Waals surface area contributed by atoms with Gasteiger partial charge in [-0.2, -0.15) is 4.98 Å². The van der Waals surface area contributed by atoms with Crippen LogP contribution in [-0.2, 0) is 11.2 Å². The molecule has 0 aliphatic heterocycles. The van der Waals surface area contributed by atoms with Crippen molar-refractivity contribution < 1.29 is 28.3 Å². The summed E-state index contributed by atoms with van der Waals surface area (Å²) in [5, 5.41) is 6.79. The number of carbonyl (C=O) groups excluding carboxylic acids is 1. The van der Waals surface area contributed by atoms with Gasteiger partial charge in [-0.05, 0) is 30.3 Å². The minimum absolute atomic E-state index is 0.161. The Morgan fingerprint density at radius 2 is 1.67 bits per heavy atom. The summed E-state index contributed by atoms with van der Waals surface area (Å²) in [7, 11) is 6.21. The van der Waals surface area contributed by atoms with Crippen molar-refractivity contribution in [2.24, 2.45) is 0 Å². The minimum Gasteiger partial charge on any atom is -0.497 e. The van der Waals surface area contributed by atoms with Gasteiger partial charge in [0.15, 0.2) is 11.5 Å². The maximum atomic E-state index is 12.4. The van der Waals surface area contributed by atoms with Crippen LogP contribution < -0.4 is 24.3 Å². The van der Waals surface area contributed by atoms with Crippen LogP contribution in [0.5, 0.6) is 23.0 Å². The monoisotopic (exact) mass is 413 g/mol. The van der Waals surface area contributed by atoms with Crippen molar-refractivity contribution in [1.29, 1.82) is 0 Å². The van der Waals surface area contributed by atoms with Gasteiger partial charge in [0.2, 0.25) is 17.6 Å². The van der Waals surface area contributed by atoms with Gasteiger partial charge in [-0.1, -0.05) is 5.16 Å². The Morgan fingerprint density at radius 3 is 2.37 bits per heavy atom. The Bertz CT molecular complexity index is 1020. The largest absolute Gasteiger partial charge is 0.497 e. The number of aryl methyl sites for hydroxylation is 1. The van der Waals surface area contributed by atoms with Gasteiger partial charge in [-0.15, -0.1) is 0 Å². The van der Waals surface area contributed by atoms with Crippen molar-refractivity contribution in [1.82, 2.24) is 10.1 Å². The zero-order valence-corrected chi connectivity index (χ0v) is 17.2. The van der Waals surface area contributed by atoms with Crippen LogP contribution in [-0.4, -0.2) is 44.5 Å². The molecule has 30 heavy (non-hydrogen) atoms. The topological polar surface area (TPSA) is 105 Å². The lowest BCUT2D eigenvalue weighted by Crippen LogP contribution is -2.13. The highest BCUT2D eigenvalue weighted by Gasteiger charge is 2.14. The maximum absolute atomic E-state index is 12.4. The number of hydrogen-bond acceptors (Lipinski definition) is 8. The van der Waals surface area contributed by atoms with E-state index in [2.05, 4.69) is 15.5 Å². The van der Waals surface area contributed by atoms with Crippen molar-refractivity contribution in [3.63, 3.8) is 0 Å². The second kappa shape index (κ2) is 9.64. The van der Waals surface area contributed by atoms with Crippen LogP contribution >= 0.6 is 0 Å². The number of amides is 1. The molecule has 1 amide bonds. The molecule has 1 heterocycles. The summed E-state index contributed by atoms with van der Waals surface area (Å²) in [4.78, 5) is 16.7. The molecule has 3 aromatic rings. The van der Waals surface area contributed by atoms with Gasteiger partial charge < -0.3 is 28.8 Å². The molecule has 0 unspecified atom stereocenters. The molecule has 9 nitrogen and oxygen atoms in total. The molecule has 0 aliphatic carbocycles.